The number of nitrogens with zero attached hydrogens (tertiary/aromatic N) is 3. The Labute approximate surface area is 260 Å². The molecule has 2 fully saturated rings. The lowest BCUT2D eigenvalue weighted by Gasteiger charge is -2.38. The van der Waals surface area contributed by atoms with E-state index in [1.807, 2.05) is 32.9 Å². The second kappa shape index (κ2) is 12.3. The van der Waals surface area contributed by atoms with Crippen LogP contribution in [-0.2, 0) is 14.7 Å². The second-order valence-corrected chi connectivity index (χ2v) is 20.6. The van der Waals surface area contributed by atoms with Gasteiger partial charge >= 0.3 is 6.09 Å². The number of pyridine rings is 1. The Morgan fingerprint density at radius 3 is 2.35 bits per heavy atom. The summed E-state index contributed by atoms with van der Waals surface area (Å²) in [6.07, 6.45) is 6.59. The van der Waals surface area contributed by atoms with E-state index in [0.29, 0.717) is 12.0 Å². The number of hydrogen-bond donors (Lipinski definition) is 2. The minimum Gasteiger partial charge on any atom is -0.444 e. The third-order valence-electron chi connectivity index (χ3n) is 8.73. The van der Waals surface area contributed by atoms with Crippen molar-refractivity contribution in [3.63, 3.8) is 0 Å². The third-order valence-corrected chi connectivity index (χ3v) is 13.3. The average molecular weight is 608 g/mol. The summed E-state index contributed by atoms with van der Waals surface area (Å²) in [6.45, 7) is 23.7. The molecule has 2 N–H and O–H groups in total. The lowest BCUT2D eigenvalue weighted by atomic mass is 9.81. The van der Waals surface area contributed by atoms with Crippen LogP contribution in [0.2, 0.25) is 18.1 Å². The fourth-order valence-electron chi connectivity index (χ4n) is 5.34. The van der Waals surface area contributed by atoms with Gasteiger partial charge in [0.15, 0.2) is 8.32 Å². The predicted molar refractivity (Wildman–Crippen MR) is 176 cm³/mol. The fraction of sp³-hybridized carbons (Fsp3) is 0.676. The first-order chi connectivity index (χ1) is 19.8. The number of rotatable bonds is 6. The standard InChI is InChI=1S/C34H53N5O3Si/c1-32(2,3)39-30(22-29(38-39)24-13-15-28(20-24)42-43(10,11)34(7,8)9)36-26-16-17-35-25(21-26)14-12-23-18-27(19-23)37-31(40)41-33(4,5)6/h16-17,21-24,27-28H,13,15,18-20H2,1-11H3,(H,35,36)(H,37,40)/t23?,24-,27?,28+/m0/s1. The zero-order valence-electron chi connectivity index (χ0n) is 28.2. The molecule has 0 aliphatic heterocycles. The van der Waals surface area contributed by atoms with Crippen molar-refractivity contribution < 1.29 is 14.0 Å². The minimum absolute atomic E-state index is 0.107. The molecule has 0 bridgehead atoms. The van der Waals surface area contributed by atoms with Gasteiger partial charge < -0.3 is 19.8 Å². The molecule has 0 radical (unpaired) electrons. The van der Waals surface area contributed by atoms with E-state index in [2.05, 4.69) is 92.8 Å². The first kappa shape index (κ1) is 33.1. The molecule has 2 heterocycles. The van der Waals surface area contributed by atoms with E-state index in [0.717, 1.165) is 55.0 Å². The van der Waals surface area contributed by atoms with Gasteiger partial charge in [-0.1, -0.05) is 26.7 Å². The largest absolute Gasteiger partial charge is 0.444 e. The topological polar surface area (TPSA) is 90.3 Å². The first-order valence-corrected chi connectivity index (χ1v) is 18.7. The van der Waals surface area contributed by atoms with Gasteiger partial charge in [-0.05, 0) is 110 Å². The van der Waals surface area contributed by atoms with Gasteiger partial charge in [-0.2, -0.15) is 5.10 Å². The Balaban J connectivity index is 1.39. The molecule has 0 saturated heterocycles. The number of anilines is 2. The van der Waals surface area contributed by atoms with Gasteiger partial charge in [0.2, 0.25) is 0 Å². The van der Waals surface area contributed by atoms with Gasteiger partial charge in [0.1, 0.15) is 17.1 Å². The maximum absolute atomic E-state index is 12.0. The number of hydrogen-bond acceptors (Lipinski definition) is 6. The van der Waals surface area contributed by atoms with Crippen molar-refractivity contribution in [2.24, 2.45) is 5.92 Å². The molecule has 0 spiro atoms. The number of amides is 1. The highest BCUT2D eigenvalue weighted by Gasteiger charge is 2.41. The minimum atomic E-state index is -1.80. The Morgan fingerprint density at radius 1 is 1.02 bits per heavy atom. The third kappa shape index (κ3) is 8.85. The molecule has 2 aliphatic carbocycles. The van der Waals surface area contributed by atoms with E-state index in [1.54, 1.807) is 6.20 Å². The lowest BCUT2D eigenvalue weighted by molar-refractivity contribution is 0.0467. The van der Waals surface area contributed by atoms with E-state index in [4.69, 9.17) is 14.3 Å². The summed E-state index contributed by atoms with van der Waals surface area (Å²) in [5.41, 5.74) is 2.10. The molecule has 0 aromatic carbocycles. The molecule has 2 aromatic rings. The van der Waals surface area contributed by atoms with Crippen molar-refractivity contribution in [2.45, 2.75) is 142 Å². The quantitative estimate of drug-likeness (QED) is 0.255. The van der Waals surface area contributed by atoms with Gasteiger partial charge in [-0.15, -0.1) is 0 Å². The van der Waals surface area contributed by atoms with E-state index >= 15 is 0 Å². The highest BCUT2D eigenvalue weighted by atomic mass is 28.4. The summed E-state index contributed by atoms with van der Waals surface area (Å²) in [5.74, 6) is 8.16. The van der Waals surface area contributed by atoms with Crippen LogP contribution in [0.25, 0.3) is 0 Å². The van der Waals surface area contributed by atoms with E-state index in [1.165, 1.54) is 0 Å². The molecular weight excluding hydrogens is 554 g/mol. The molecule has 1 amide bonds. The second-order valence-electron chi connectivity index (χ2n) is 15.9. The van der Waals surface area contributed by atoms with Crippen LogP contribution in [0.1, 0.15) is 112 Å². The molecule has 2 aliphatic rings. The number of ether oxygens (including phenoxy) is 1. The molecule has 4 rings (SSSR count). The first-order valence-electron chi connectivity index (χ1n) is 15.8. The molecule has 2 atom stereocenters. The maximum atomic E-state index is 12.0. The summed E-state index contributed by atoms with van der Waals surface area (Å²) in [4.78, 5) is 16.5. The van der Waals surface area contributed by atoms with Crippen LogP contribution in [0.5, 0.6) is 0 Å². The van der Waals surface area contributed by atoms with Crippen LogP contribution < -0.4 is 10.6 Å². The van der Waals surface area contributed by atoms with Gasteiger partial charge in [0, 0.05) is 41.9 Å². The van der Waals surface area contributed by atoms with Crippen molar-refractivity contribution in [2.75, 3.05) is 5.32 Å². The number of nitrogens with one attached hydrogen (secondary N) is 2. The molecule has 9 heteroatoms. The highest BCUT2D eigenvalue weighted by Crippen LogP contribution is 2.43. The number of aromatic nitrogens is 3. The SMILES string of the molecule is CC(C)(C)OC(=O)NC1CC(C#Cc2cc(Nc3cc([C@H]4CC[C@@H](O[Si](C)(C)C(C)(C)C)C4)nn3C(C)(C)C)ccn2)C1. The van der Waals surface area contributed by atoms with Crippen molar-refractivity contribution in [3.05, 3.63) is 35.8 Å². The highest BCUT2D eigenvalue weighted by molar-refractivity contribution is 6.74. The number of alkyl carbamates (subject to hydrolysis) is 1. The zero-order valence-corrected chi connectivity index (χ0v) is 29.2. The van der Waals surface area contributed by atoms with Crippen LogP contribution in [0.15, 0.2) is 24.4 Å². The lowest BCUT2D eigenvalue weighted by Crippen LogP contribution is -2.45. The molecule has 0 unspecified atom stereocenters. The van der Waals surface area contributed by atoms with Crippen molar-refractivity contribution in [1.82, 2.24) is 20.1 Å². The molecular formula is C34H53N5O3Si. The molecule has 2 saturated carbocycles. The average Bonchev–Trinajstić information content (AvgIpc) is 3.45. The van der Waals surface area contributed by atoms with Gasteiger partial charge in [-0.3, -0.25) is 0 Å². The van der Waals surface area contributed by atoms with E-state index in [9.17, 15) is 4.79 Å². The monoisotopic (exact) mass is 607 g/mol. The van der Waals surface area contributed by atoms with E-state index in [-0.39, 0.29) is 28.6 Å². The molecule has 2 aromatic heterocycles. The van der Waals surface area contributed by atoms with Crippen LogP contribution >= 0.6 is 0 Å². The number of carbonyl (C=O) groups is 1. The molecule has 236 valence electrons. The molecule has 43 heavy (non-hydrogen) atoms. The van der Waals surface area contributed by atoms with Crippen LogP contribution in [0, 0.1) is 17.8 Å². The van der Waals surface area contributed by atoms with Crippen molar-refractivity contribution in [3.8, 4) is 11.8 Å². The van der Waals surface area contributed by atoms with E-state index < -0.39 is 13.9 Å². The normalized spacial score (nSPS) is 22.8. The smallest absolute Gasteiger partial charge is 0.407 e. The zero-order chi connectivity index (χ0) is 31.8. The van der Waals surface area contributed by atoms with Crippen LogP contribution in [0.3, 0.4) is 0 Å². The Hall–Kier alpha value is -2.83. The Kier molecular flexibility index (Phi) is 9.44. The fourth-order valence-corrected chi connectivity index (χ4v) is 6.74. The van der Waals surface area contributed by atoms with Crippen LogP contribution in [0.4, 0.5) is 16.3 Å². The van der Waals surface area contributed by atoms with Gasteiger partial charge in [-0.25, -0.2) is 14.5 Å². The summed E-state index contributed by atoms with van der Waals surface area (Å²) >= 11 is 0. The summed E-state index contributed by atoms with van der Waals surface area (Å²) in [7, 11) is -1.80. The Morgan fingerprint density at radius 2 is 1.72 bits per heavy atom. The van der Waals surface area contributed by atoms with Gasteiger partial charge in [0.05, 0.1) is 11.2 Å². The maximum Gasteiger partial charge on any atom is 0.407 e. The predicted octanol–water partition coefficient (Wildman–Crippen LogP) is 8.09. The molecule has 8 nitrogen and oxygen atoms in total. The summed E-state index contributed by atoms with van der Waals surface area (Å²) < 4.78 is 14.2. The van der Waals surface area contributed by atoms with Crippen molar-refractivity contribution in [1.29, 1.82) is 0 Å². The summed E-state index contributed by atoms with van der Waals surface area (Å²) in [5, 5.41) is 11.9. The number of carbonyl (C=O) groups excluding carboxylic acids is 1. The Bertz CT molecular complexity index is 1350. The van der Waals surface area contributed by atoms with Crippen molar-refractivity contribution >= 4 is 25.9 Å². The summed E-state index contributed by atoms with van der Waals surface area (Å²) in [6, 6.07) is 6.27. The van der Waals surface area contributed by atoms with Gasteiger partial charge in [0.25, 0.3) is 0 Å². The van der Waals surface area contributed by atoms with Crippen LogP contribution in [-0.4, -0.2) is 46.9 Å².